The maximum atomic E-state index is 13.5. The first-order chi connectivity index (χ1) is 16.5. The molecule has 206 valence electrons. The predicted octanol–water partition coefficient (Wildman–Crippen LogP) is 7.45. The van der Waals surface area contributed by atoms with Crippen LogP contribution in [0, 0.1) is 33.0 Å². The van der Waals surface area contributed by atoms with Crippen molar-refractivity contribution < 1.29 is 9.59 Å². The maximum Gasteiger partial charge on any atom is 0.223 e. The van der Waals surface area contributed by atoms with E-state index >= 15 is 0 Å². The molecule has 0 bridgehead atoms. The fourth-order valence-corrected chi connectivity index (χ4v) is 8.46. The second kappa shape index (κ2) is 8.73. The van der Waals surface area contributed by atoms with Crippen LogP contribution in [0.25, 0.3) is 0 Å². The van der Waals surface area contributed by atoms with E-state index in [1.807, 2.05) is 0 Å². The number of amides is 2. The molecule has 4 atom stereocenters. The Morgan fingerprint density at radius 1 is 0.889 bits per heavy atom. The molecule has 0 N–H and O–H groups in total. The number of likely N-dealkylation sites (tertiary alicyclic amines) is 2. The van der Waals surface area contributed by atoms with Crippen molar-refractivity contribution in [1.82, 2.24) is 9.80 Å². The first-order valence-electron chi connectivity index (χ1n) is 15.1. The molecule has 2 saturated carbocycles. The number of carbonyl (C=O) groups excluding carboxylic acids is 2. The second-order valence-electron chi connectivity index (χ2n) is 15.9. The van der Waals surface area contributed by atoms with Gasteiger partial charge >= 0.3 is 0 Å². The Hall–Kier alpha value is -1.06. The highest BCUT2D eigenvalue weighted by Gasteiger charge is 2.75. The molecule has 0 aromatic rings. The van der Waals surface area contributed by atoms with Gasteiger partial charge in [-0.1, -0.05) is 82.1 Å². The van der Waals surface area contributed by atoms with Crippen LogP contribution in [-0.4, -0.2) is 46.3 Å². The number of hydrogen-bond donors (Lipinski definition) is 0. The zero-order valence-electron chi connectivity index (χ0n) is 25.4. The fraction of sp³-hybridized carbons (Fsp3) is 0.938. The molecule has 2 amide bonds. The average Bonchev–Trinajstić information content (AvgIpc) is 3.54. The van der Waals surface area contributed by atoms with Gasteiger partial charge in [0, 0.05) is 37.5 Å². The third kappa shape index (κ3) is 4.15. The Morgan fingerprint density at radius 2 is 1.50 bits per heavy atom. The van der Waals surface area contributed by atoms with E-state index in [0.717, 1.165) is 58.0 Å². The van der Waals surface area contributed by atoms with Crippen LogP contribution in [0.4, 0.5) is 0 Å². The van der Waals surface area contributed by atoms with Crippen molar-refractivity contribution in [2.45, 2.75) is 145 Å². The number of nitrogens with zero attached hydrogens (tertiary/aromatic N) is 2. The van der Waals surface area contributed by atoms with Gasteiger partial charge in [-0.15, -0.1) is 0 Å². The summed E-state index contributed by atoms with van der Waals surface area (Å²) in [6.07, 6.45) is 10.2. The van der Waals surface area contributed by atoms with Gasteiger partial charge in [0.05, 0.1) is 0 Å². The number of hydrogen-bond acceptors (Lipinski definition) is 2. The van der Waals surface area contributed by atoms with Crippen LogP contribution in [0.3, 0.4) is 0 Å². The summed E-state index contributed by atoms with van der Waals surface area (Å²) in [5.41, 5.74) is 0.414. The molecule has 36 heavy (non-hydrogen) atoms. The molecule has 4 nitrogen and oxygen atoms in total. The van der Waals surface area contributed by atoms with Crippen molar-refractivity contribution in [3.05, 3.63) is 0 Å². The zero-order valence-corrected chi connectivity index (χ0v) is 25.4. The summed E-state index contributed by atoms with van der Waals surface area (Å²) in [5, 5.41) is 0. The van der Waals surface area contributed by atoms with Gasteiger partial charge < -0.3 is 9.80 Å². The van der Waals surface area contributed by atoms with E-state index in [-0.39, 0.29) is 33.2 Å². The van der Waals surface area contributed by atoms with E-state index in [4.69, 9.17) is 0 Å². The maximum absolute atomic E-state index is 13.5. The molecule has 2 saturated heterocycles. The van der Waals surface area contributed by atoms with E-state index in [9.17, 15) is 9.59 Å². The van der Waals surface area contributed by atoms with Gasteiger partial charge in [-0.05, 0) is 71.5 Å². The Labute approximate surface area is 222 Å². The minimum Gasteiger partial charge on any atom is -0.339 e. The lowest BCUT2D eigenvalue weighted by Crippen LogP contribution is -2.58. The summed E-state index contributed by atoms with van der Waals surface area (Å²) in [5.74, 6) is 1.29. The first-order valence-corrected chi connectivity index (χ1v) is 15.1. The summed E-state index contributed by atoms with van der Waals surface area (Å²) in [7, 11) is 0. The van der Waals surface area contributed by atoms with Gasteiger partial charge in [-0.25, -0.2) is 0 Å². The molecular formula is C32H56N2O2. The molecule has 4 fully saturated rings. The van der Waals surface area contributed by atoms with Gasteiger partial charge in [0.2, 0.25) is 11.8 Å². The Bertz CT molecular complexity index is 887. The van der Waals surface area contributed by atoms with E-state index < -0.39 is 0 Å². The van der Waals surface area contributed by atoms with Crippen LogP contribution in [0.2, 0.25) is 0 Å². The molecular weight excluding hydrogens is 444 g/mol. The average molecular weight is 501 g/mol. The van der Waals surface area contributed by atoms with Gasteiger partial charge in [-0.2, -0.15) is 0 Å². The third-order valence-corrected chi connectivity index (χ3v) is 12.7. The van der Waals surface area contributed by atoms with Crippen LogP contribution in [0.15, 0.2) is 0 Å². The molecule has 2 aliphatic carbocycles. The molecule has 0 aromatic heterocycles. The second-order valence-corrected chi connectivity index (χ2v) is 15.9. The highest BCUT2D eigenvalue weighted by atomic mass is 16.2. The standard InChI is InChI=1S/C32H56N2O2/c1-11-28(4,5)31(10)22-32(31,34-19-15-17-25(34)36)21-29(6,7)30(8,9)26(23-20-27(23,2)3)33-18-14-12-13-16-24(33)35/h23,26H,11-22H2,1-10H3. The van der Waals surface area contributed by atoms with Crippen molar-refractivity contribution in [1.29, 1.82) is 0 Å². The molecule has 0 radical (unpaired) electrons. The zero-order chi connectivity index (χ0) is 26.9. The number of carbonyl (C=O) groups is 2. The van der Waals surface area contributed by atoms with Crippen LogP contribution in [0.5, 0.6) is 0 Å². The largest absolute Gasteiger partial charge is 0.339 e. The predicted molar refractivity (Wildman–Crippen MR) is 149 cm³/mol. The minimum atomic E-state index is -0.0761. The van der Waals surface area contributed by atoms with Gasteiger partial charge in [0.25, 0.3) is 0 Å². The summed E-state index contributed by atoms with van der Waals surface area (Å²) in [4.78, 5) is 31.3. The topological polar surface area (TPSA) is 40.6 Å². The monoisotopic (exact) mass is 500 g/mol. The highest BCUT2D eigenvalue weighted by molar-refractivity contribution is 5.80. The molecule has 4 aliphatic rings. The summed E-state index contributed by atoms with van der Waals surface area (Å²) in [6.45, 7) is 26.0. The Balaban J connectivity index is 1.72. The van der Waals surface area contributed by atoms with Crippen molar-refractivity contribution in [2.75, 3.05) is 13.1 Å². The quantitative estimate of drug-likeness (QED) is 0.330. The van der Waals surface area contributed by atoms with Crippen LogP contribution in [0.1, 0.15) is 133 Å². The Kier molecular flexibility index (Phi) is 6.78. The van der Waals surface area contributed by atoms with Crippen molar-refractivity contribution >= 4 is 11.8 Å². The van der Waals surface area contributed by atoms with E-state index in [1.54, 1.807) is 0 Å². The van der Waals surface area contributed by atoms with Crippen molar-refractivity contribution in [3.63, 3.8) is 0 Å². The third-order valence-electron chi connectivity index (χ3n) is 12.7. The number of rotatable bonds is 9. The molecule has 4 heteroatoms. The van der Waals surface area contributed by atoms with E-state index in [1.165, 1.54) is 6.42 Å². The normalized spacial score (nSPS) is 34.1. The van der Waals surface area contributed by atoms with E-state index in [0.29, 0.717) is 36.0 Å². The molecule has 2 heterocycles. The minimum absolute atomic E-state index is 0.0344. The van der Waals surface area contributed by atoms with Gasteiger partial charge in [0.1, 0.15) is 0 Å². The van der Waals surface area contributed by atoms with Crippen LogP contribution < -0.4 is 0 Å². The molecule has 0 spiro atoms. The summed E-state index contributed by atoms with van der Waals surface area (Å²) >= 11 is 0. The SMILES string of the molecule is CCC(C)(C)C1(C)CC1(CC(C)(C)C(C)(C)C(C1CC1(C)C)N1CCCCCC1=O)N1CCCC1=O. The summed E-state index contributed by atoms with van der Waals surface area (Å²) in [6, 6.07) is 0.253. The molecule has 4 rings (SSSR count). The van der Waals surface area contributed by atoms with E-state index in [2.05, 4.69) is 79.0 Å². The Morgan fingerprint density at radius 3 is 2.03 bits per heavy atom. The van der Waals surface area contributed by atoms with Crippen molar-refractivity contribution in [3.8, 4) is 0 Å². The highest BCUT2D eigenvalue weighted by Crippen LogP contribution is 2.74. The van der Waals surface area contributed by atoms with Gasteiger partial charge in [-0.3, -0.25) is 9.59 Å². The van der Waals surface area contributed by atoms with Crippen LogP contribution in [-0.2, 0) is 9.59 Å². The summed E-state index contributed by atoms with van der Waals surface area (Å²) < 4.78 is 0. The van der Waals surface area contributed by atoms with Gasteiger partial charge in [0.15, 0.2) is 0 Å². The molecule has 0 aromatic carbocycles. The first kappa shape index (κ1) is 28.0. The fourth-order valence-electron chi connectivity index (χ4n) is 8.46. The van der Waals surface area contributed by atoms with Crippen LogP contribution >= 0.6 is 0 Å². The lowest BCUT2D eigenvalue weighted by atomic mass is 9.57. The smallest absolute Gasteiger partial charge is 0.223 e. The lowest BCUT2D eigenvalue weighted by molar-refractivity contribution is -0.141. The molecule has 4 unspecified atom stereocenters. The lowest BCUT2D eigenvalue weighted by Gasteiger charge is -2.54. The van der Waals surface area contributed by atoms with Crippen molar-refractivity contribution in [2.24, 2.45) is 33.0 Å². The molecule has 2 aliphatic heterocycles.